The number of aliphatic hydroxyl groups is 2. The van der Waals surface area contributed by atoms with Gasteiger partial charge in [-0.1, -0.05) is 42.5 Å². The molecule has 37 heavy (non-hydrogen) atoms. The Labute approximate surface area is 216 Å². The van der Waals surface area contributed by atoms with Crippen molar-refractivity contribution in [2.75, 3.05) is 35.4 Å². The maximum absolute atomic E-state index is 13.7. The molecule has 194 valence electrons. The number of carbonyl (C=O) groups is 1. The molecule has 0 spiro atoms. The minimum absolute atomic E-state index is 0.272. The molecule has 5 atom stereocenters. The van der Waals surface area contributed by atoms with E-state index in [9.17, 15) is 15.0 Å². The van der Waals surface area contributed by atoms with Crippen LogP contribution in [0.3, 0.4) is 0 Å². The van der Waals surface area contributed by atoms with Gasteiger partial charge in [0, 0.05) is 32.1 Å². The maximum atomic E-state index is 13.7. The molecule has 3 aromatic carbocycles. The smallest absolute Gasteiger partial charge is 0.228 e. The molecule has 1 heterocycles. The summed E-state index contributed by atoms with van der Waals surface area (Å²) in [5, 5.41) is 24.8. The van der Waals surface area contributed by atoms with Crippen LogP contribution in [-0.2, 0) is 16.0 Å². The Morgan fingerprint density at radius 1 is 0.919 bits per heavy atom. The molecule has 3 unspecified atom stereocenters. The van der Waals surface area contributed by atoms with Gasteiger partial charge in [0.25, 0.3) is 0 Å². The van der Waals surface area contributed by atoms with Crippen LogP contribution in [0.5, 0.6) is 23.0 Å². The highest BCUT2D eigenvalue weighted by atomic mass is 16.5. The zero-order valence-corrected chi connectivity index (χ0v) is 21.5. The number of hydrogen-bond donors (Lipinski definition) is 2. The Hall–Kier alpha value is -3.75. The van der Waals surface area contributed by atoms with Gasteiger partial charge in [0.2, 0.25) is 5.91 Å². The number of fused-ring (bicyclic) bond motifs is 3. The number of rotatable bonds is 6. The summed E-state index contributed by atoms with van der Waals surface area (Å²) in [6.07, 6.45) is -1.53. The second-order valence-electron chi connectivity index (χ2n) is 9.63. The van der Waals surface area contributed by atoms with Gasteiger partial charge in [-0.2, -0.15) is 0 Å². The molecule has 0 saturated heterocycles. The highest BCUT2D eigenvalue weighted by Crippen LogP contribution is 2.70. The lowest BCUT2D eigenvalue weighted by atomic mass is 9.70. The third-order valence-electron chi connectivity index (χ3n) is 7.68. The van der Waals surface area contributed by atoms with Crippen LogP contribution in [0.15, 0.2) is 66.7 Å². The summed E-state index contributed by atoms with van der Waals surface area (Å²) < 4.78 is 23.3. The Kier molecular flexibility index (Phi) is 6.04. The Balaban J connectivity index is 1.88. The van der Waals surface area contributed by atoms with Gasteiger partial charge in [-0.05, 0) is 23.3 Å². The van der Waals surface area contributed by atoms with Crippen LogP contribution in [0.2, 0.25) is 0 Å². The Morgan fingerprint density at radius 2 is 1.57 bits per heavy atom. The monoisotopic (exact) mass is 505 g/mol. The van der Waals surface area contributed by atoms with E-state index < -0.39 is 29.1 Å². The summed E-state index contributed by atoms with van der Waals surface area (Å²) in [6, 6.07) is 19.8. The van der Waals surface area contributed by atoms with E-state index in [2.05, 4.69) is 0 Å². The maximum Gasteiger partial charge on any atom is 0.228 e. The molecule has 1 aliphatic carbocycles. The van der Waals surface area contributed by atoms with Crippen LogP contribution in [0.1, 0.15) is 22.6 Å². The van der Waals surface area contributed by atoms with Gasteiger partial charge in [0.1, 0.15) is 29.1 Å². The number of methoxy groups -OCH3 is 3. The predicted molar refractivity (Wildman–Crippen MR) is 136 cm³/mol. The SMILES string of the molecule is COc1ccc([C@@]23Oc4cc(OC)cc(OC)c4[C@]2(O)C(O)C(C(=O)N(C)C)C3c2ccccc2)cc1. The normalized spacial score (nSPS) is 27.6. The average Bonchev–Trinajstić information content (AvgIpc) is 3.30. The van der Waals surface area contributed by atoms with Gasteiger partial charge < -0.3 is 34.1 Å². The van der Waals surface area contributed by atoms with E-state index in [0.29, 0.717) is 22.8 Å². The first-order valence-electron chi connectivity index (χ1n) is 12.0. The number of nitrogens with zero attached hydrogens (tertiary/aromatic N) is 1. The van der Waals surface area contributed by atoms with Crippen molar-refractivity contribution in [3.63, 3.8) is 0 Å². The number of amides is 1. The van der Waals surface area contributed by atoms with Gasteiger partial charge in [0.15, 0.2) is 11.2 Å². The first-order chi connectivity index (χ1) is 17.7. The van der Waals surface area contributed by atoms with E-state index >= 15 is 0 Å². The zero-order chi connectivity index (χ0) is 26.5. The molecule has 8 heteroatoms. The molecule has 3 aromatic rings. The summed E-state index contributed by atoms with van der Waals surface area (Å²) in [6.45, 7) is 0. The number of ether oxygens (including phenoxy) is 4. The number of benzene rings is 3. The molecule has 1 saturated carbocycles. The third kappa shape index (κ3) is 3.32. The van der Waals surface area contributed by atoms with Crippen LogP contribution < -0.4 is 18.9 Å². The standard InChI is InChI=1S/C29H31NO7/c1-30(2)27(32)23-24(17-9-7-6-8-10-17)29(18-11-13-19(34-3)14-12-18)28(33,26(23)31)25-21(36-5)15-20(35-4)16-22(25)37-29/h6-16,23-24,26,31,33H,1-5H3/t23?,24?,26?,28-,29-/m0/s1. The topological polar surface area (TPSA) is 97.7 Å². The predicted octanol–water partition coefficient (Wildman–Crippen LogP) is 3.05. The number of hydrogen-bond acceptors (Lipinski definition) is 7. The van der Waals surface area contributed by atoms with Crippen molar-refractivity contribution in [3.05, 3.63) is 83.4 Å². The molecule has 1 fully saturated rings. The summed E-state index contributed by atoms with van der Waals surface area (Å²) in [7, 11) is 7.84. The van der Waals surface area contributed by atoms with Crippen molar-refractivity contribution in [2.45, 2.75) is 23.2 Å². The molecule has 1 aliphatic heterocycles. The van der Waals surface area contributed by atoms with Crippen LogP contribution in [0, 0.1) is 5.92 Å². The van der Waals surface area contributed by atoms with Gasteiger partial charge in [-0.25, -0.2) is 0 Å². The highest BCUT2D eigenvalue weighted by Gasteiger charge is 2.78. The van der Waals surface area contributed by atoms with Crippen LogP contribution in [-0.4, -0.2) is 62.5 Å². The van der Waals surface area contributed by atoms with E-state index in [1.807, 2.05) is 30.3 Å². The van der Waals surface area contributed by atoms with E-state index in [4.69, 9.17) is 18.9 Å². The molecular formula is C29H31NO7. The van der Waals surface area contributed by atoms with Crippen molar-refractivity contribution in [1.29, 1.82) is 0 Å². The van der Waals surface area contributed by atoms with Crippen molar-refractivity contribution in [3.8, 4) is 23.0 Å². The van der Waals surface area contributed by atoms with E-state index in [1.54, 1.807) is 57.6 Å². The first kappa shape index (κ1) is 24.9. The molecule has 1 amide bonds. The van der Waals surface area contributed by atoms with Crippen LogP contribution in [0.25, 0.3) is 0 Å². The quantitative estimate of drug-likeness (QED) is 0.532. The molecule has 5 rings (SSSR count). The zero-order valence-electron chi connectivity index (χ0n) is 21.5. The molecular weight excluding hydrogens is 474 g/mol. The minimum atomic E-state index is -2.05. The molecule has 0 radical (unpaired) electrons. The van der Waals surface area contributed by atoms with Crippen molar-refractivity contribution in [2.24, 2.45) is 5.92 Å². The number of carbonyl (C=O) groups excluding carboxylic acids is 1. The van der Waals surface area contributed by atoms with Gasteiger partial charge in [0.05, 0.1) is 32.8 Å². The van der Waals surface area contributed by atoms with E-state index in [1.165, 1.54) is 19.1 Å². The fourth-order valence-corrected chi connectivity index (χ4v) is 6.08. The summed E-state index contributed by atoms with van der Waals surface area (Å²) in [5.41, 5.74) is -2.04. The fourth-order valence-electron chi connectivity index (χ4n) is 6.08. The largest absolute Gasteiger partial charge is 0.497 e. The molecule has 0 bridgehead atoms. The average molecular weight is 506 g/mol. The fraction of sp³-hybridized carbons (Fsp3) is 0.345. The van der Waals surface area contributed by atoms with Gasteiger partial charge in [-0.15, -0.1) is 0 Å². The van der Waals surface area contributed by atoms with Crippen molar-refractivity contribution in [1.82, 2.24) is 4.90 Å². The van der Waals surface area contributed by atoms with Crippen molar-refractivity contribution >= 4 is 5.91 Å². The second kappa shape index (κ2) is 8.97. The molecule has 2 N–H and O–H groups in total. The first-order valence-corrected chi connectivity index (χ1v) is 12.0. The number of aliphatic hydroxyl groups excluding tert-OH is 1. The van der Waals surface area contributed by atoms with E-state index in [-0.39, 0.29) is 17.2 Å². The lowest BCUT2D eigenvalue weighted by Gasteiger charge is -2.41. The summed E-state index contributed by atoms with van der Waals surface area (Å²) in [5.74, 6) is -0.426. The lowest BCUT2D eigenvalue weighted by molar-refractivity contribution is -0.156. The van der Waals surface area contributed by atoms with Crippen LogP contribution in [0.4, 0.5) is 0 Å². The lowest BCUT2D eigenvalue weighted by Crippen LogP contribution is -2.52. The summed E-state index contributed by atoms with van der Waals surface area (Å²) in [4.78, 5) is 15.1. The van der Waals surface area contributed by atoms with Crippen molar-refractivity contribution < 1.29 is 34.0 Å². The Morgan fingerprint density at radius 3 is 2.14 bits per heavy atom. The summed E-state index contributed by atoms with van der Waals surface area (Å²) >= 11 is 0. The highest BCUT2D eigenvalue weighted by molar-refractivity contribution is 5.83. The van der Waals surface area contributed by atoms with Crippen LogP contribution >= 0.6 is 0 Å². The minimum Gasteiger partial charge on any atom is -0.497 e. The molecule has 2 aliphatic rings. The van der Waals surface area contributed by atoms with E-state index in [0.717, 1.165) is 5.56 Å². The van der Waals surface area contributed by atoms with Gasteiger partial charge >= 0.3 is 0 Å². The Bertz CT molecular complexity index is 1310. The second-order valence-corrected chi connectivity index (χ2v) is 9.63. The molecule has 8 nitrogen and oxygen atoms in total. The molecule has 0 aromatic heterocycles. The van der Waals surface area contributed by atoms with Gasteiger partial charge in [-0.3, -0.25) is 4.79 Å². The third-order valence-corrected chi connectivity index (χ3v) is 7.68.